The molecule has 0 spiro atoms. The van der Waals surface area contributed by atoms with Crippen molar-refractivity contribution in [3.63, 3.8) is 0 Å². The van der Waals surface area contributed by atoms with Gasteiger partial charge in [-0.3, -0.25) is 4.79 Å². The molecule has 1 N–H and O–H groups in total. The maximum atomic E-state index is 11.4. The van der Waals surface area contributed by atoms with Crippen molar-refractivity contribution in [2.75, 3.05) is 33.3 Å². The van der Waals surface area contributed by atoms with Crippen LogP contribution in [0.2, 0.25) is 0 Å². The Bertz CT molecular complexity index is 250. The largest absolute Gasteiger partial charge is 0.469 e. The molecule has 1 aliphatic heterocycles. The number of hydrogen-bond donors (Lipinski definition) is 1. The second-order valence-electron chi connectivity index (χ2n) is 5.39. The van der Waals surface area contributed by atoms with E-state index >= 15 is 0 Å². The fourth-order valence-corrected chi connectivity index (χ4v) is 2.43. The van der Waals surface area contributed by atoms with Gasteiger partial charge < -0.3 is 15.0 Å². The van der Waals surface area contributed by atoms with Gasteiger partial charge in [0.15, 0.2) is 0 Å². The lowest BCUT2D eigenvalue weighted by Crippen LogP contribution is -2.42. The number of carbonyl (C=O) groups excluding carboxylic acids is 1. The number of rotatable bonds is 6. The predicted molar refractivity (Wildman–Crippen MR) is 73.5 cm³/mol. The number of nitrogens with zero attached hydrogens (tertiary/aromatic N) is 1. The molecule has 2 unspecified atom stereocenters. The Hall–Kier alpha value is -0.610. The number of likely N-dealkylation sites (tertiary alicyclic amines) is 1. The molecule has 2 atom stereocenters. The smallest absolute Gasteiger partial charge is 0.309 e. The zero-order valence-corrected chi connectivity index (χ0v) is 12.2. The lowest BCUT2D eigenvalue weighted by Gasteiger charge is -2.32. The first kappa shape index (κ1) is 15.4. The van der Waals surface area contributed by atoms with Gasteiger partial charge in [-0.15, -0.1) is 0 Å². The zero-order valence-electron chi connectivity index (χ0n) is 12.2. The van der Waals surface area contributed by atoms with E-state index < -0.39 is 0 Å². The molecule has 0 aromatic carbocycles. The highest BCUT2D eigenvalue weighted by Crippen LogP contribution is 2.16. The summed E-state index contributed by atoms with van der Waals surface area (Å²) in [7, 11) is 1.45. The van der Waals surface area contributed by atoms with E-state index in [1.165, 1.54) is 33.0 Å². The molecule has 4 heteroatoms. The second kappa shape index (κ2) is 7.74. The third-order valence-corrected chi connectivity index (χ3v) is 4.21. The van der Waals surface area contributed by atoms with Crippen LogP contribution in [-0.2, 0) is 9.53 Å². The van der Waals surface area contributed by atoms with Gasteiger partial charge in [-0.25, -0.2) is 0 Å². The van der Waals surface area contributed by atoms with Gasteiger partial charge in [0.25, 0.3) is 0 Å². The van der Waals surface area contributed by atoms with Gasteiger partial charge in [0, 0.05) is 6.04 Å². The van der Waals surface area contributed by atoms with Gasteiger partial charge in [0.1, 0.15) is 0 Å². The highest BCUT2D eigenvalue weighted by atomic mass is 16.5. The molecule has 1 fully saturated rings. The van der Waals surface area contributed by atoms with Crippen LogP contribution in [0.1, 0.15) is 33.6 Å². The van der Waals surface area contributed by atoms with Crippen molar-refractivity contribution < 1.29 is 9.53 Å². The average molecular weight is 256 g/mol. The van der Waals surface area contributed by atoms with Gasteiger partial charge in [-0.2, -0.15) is 0 Å². The maximum Gasteiger partial charge on any atom is 0.309 e. The minimum atomic E-state index is -0.129. The van der Waals surface area contributed by atoms with E-state index in [1.54, 1.807) is 0 Å². The number of esters is 1. The minimum absolute atomic E-state index is 0.0780. The molecule has 4 nitrogen and oxygen atoms in total. The highest BCUT2D eigenvalue weighted by Gasteiger charge is 2.23. The van der Waals surface area contributed by atoms with Crippen molar-refractivity contribution in [2.45, 2.75) is 39.7 Å². The zero-order chi connectivity index (χ0) is 13.5. The molecule has 0 saturated carbocycles. The molecular weight excluding hydrogens is 228 g/mol. The summed E-state index contributed by atoms with van der Waals surface area (Å²) in [5, 5.41) is 3.48. The summed E-state index contributed by atoms with van der Waals surface area (Å²) >= 11 is 0. The molecule has 1 heterocycles. The number of nitrogens with one attached hydrogen (secondary N) is 1. The summed E-state index contributed by atoms with van der Waals surface area (Å²) in [6.07, 6.45) is 2.53. The van der Waals surface area contributed by atoms with E-state index in [-0.39, 0.29) is 17.9 Å². The number of ether oxygens (including phenoxy) is 1. The summed E-state index contributed by atoms with van der Waals surface area (Å²) < 4.78 is 4.77. The van der Waals surface area contributed by atoms with Crippen LogP contribution in [0.5, 0.6) is 0 Å². The van der Waals surface area contributed by atoms with Crippen molar-refractivity contribution in [1.82, 2.24) is 10.2 Å². The molecule has 106 valence electrons. The number of carbonyl (C=O) groups is 1. The van der Waals surface area contributed by atoms with Crippen molar-refractivity contribution in [1.29, 1.82) is 0 Å². The Morgan fingerprint density at radius 1 is 1.39 bits per heavy atom. The van der Waals surface area contributed by atoms with Crippen LogP contribution in [-0.4, -0.2) is 50.2 Å². The third-order valence-electron chi connectivity index (χ3n) is 4.21. The second-order valence-corrected chi connectivity index (χ2v) is 5.39. The van der Waals surface area contributed by atoms with Crippen molar-refractivity contribution in [3.8, 4) is 0 Å². The number of methoxy groups -OCH3 is 1. The van der Waals surface area contributed by atoms with E-state index in [1.807, 2.05) is 6.92 Å². The number of hydrogen-bond acceptors (Lipinski definition) is 4. The Morgan fingerprint density at radius 2 is 2.00 bits per heavy atom. The van der Waals surface area contributed by atoms with Gasteiger partial charge in [0.2, 0.25) is 0 Å². The van der Waals surface area contributed by atoms with Crippen LogP contribution in [0.25, 0.3) is 0 Å². The summed E-state index contributed by atoms with van der Waals surface area (Å²) in [6.45, 7) is 10.8. The summed E-state index contributed by atoms with van der Waals surface area (Å²) in [5.41, 5.74) is 0. The first-order valence-corrected chi connectivity index (χ1v) is 7.12. The SMILES string of the molecule is CCN1CCC(CNC(C)C(C)C(=O)OC)CC1. The van der Waals surface area contributed by atoms with Crippen LogP contribution >= 0.6 is 0 Å². The Kier molecular flexibility index (Phi) is 6.65. The van der Waals surface area contributed by atoms with Gasteiger partial charge in [-0.1, -0.05) is 13.8 Å². The maximum absolute atomic E-state index is 11.4. The van der Waals surface area contributed by atoms with Gasteiger partial charge in [-0.05, 0) is 51.9 Å². The van der Waals surface area contributed by atoms with Crippen LogP contribution in [0.3, 0.4) is 0 Å². The van der Waals surface area contributed by atoms with Gasteiger partial charge in [0.05, 0.1) is 13.0 Å². The fourth-order valence-electron chi connectivity index (χ4n) is 2.43. The first-order chi connectivity index (χ1) is 8.58. The summed E-state index contributed by atoms with van der Waals surface area (Å²) in [5.74, 6) is 0.543. The van der Waals surface area contributed by atoms with Crippen LogP contribution < -0.4 is 5.32 Å². The molecule has 0 aliphatic carbocycles. The normalized spacial score (nSPS) is 21.6. The molecule has 0 aromatic heterocycles. The Morgan fingerprint density at radius 3 is 2.50 bits per heavy atom. The quantitative estimate of drug-likeness (QED) is 0.731. The molecule has 18 heavy (non-hydrogen) atoms. The topological polar surface area (TPSA) is 41.6 Å². The Labute approximate surface area is 111 Å². The summed E-state index contributed by atoms with van der Waals surface area (Å²) in [6, 6.07) is 0.182. The molecule has 1 aliphatic rings. The Balaban J connectivity index is 2.23. The first-order valence-electron chi connectivity index (χ1n) is 7.12. The van der Waals surface area contributed by atoms with Gasteiger partial charge >= 0.3 is 5.97 Å². The molecule has 0 aromatic rings. The lowest BCUT2D eigenvalue weighted by atomic mass is 9.95. The van der Waals surface area contributed by atoms with Crippen LogP contribution in [0.4, 0.5) is 0 Å². The van der Waals surface area contributed by atoms with E-state index in [0.717, 1.165) is 19.0 Å². The minimum Gasteiger partial charge on any atom is -0.469 e. The molecule has 1 saturated heterocycles. The highest BCUT2D eigenvalue weighted by molar-refractivity contribution is 5.72. The summed E-state index contributed by atoms with van der Waals surface area (Å²) in [4.78, 5) is 13.9. The van der Waals surface area contributed by atoms with E-state index in [9.17, 15) is 4.79 Å². The van der Waals surface area contributed by atoms with Crippen LogP contribution in [0, 0.1) is 11.8 Å². The lowest BCUT2D eigenvalue weighted by molar-refractivity contribution is -0.145. The van der Waals surface area contributed by atoms with E-state index in [2.05, 4.69) is 24.1 Å². The average Bonchev–Trinajstić information content (AvgIpc) is 2.43. The molecule has 0 radical (unpaired) electrons. The standard InChI is InChI=1S/C14H28N2O2/c1-5-16-8-6-13(7-9-16)10-15-12(3)11(2)14(17)18-4/h11-13,15H,5-10H2,1-4H3. The monoisotopic (exact) mass is 256 g/mol. The van der Waals surface area contributed by atoms with Crippen molar-refractivity contribution in [2.24, 2.45) is 11.8 Å². The van der Waals surface area contributed by atoms with E-state index in [0.29, 0.717) is 0 Å². The fraction of sp³-hybridized carbons (Fsp3) is 0.929. The molecular formula is C14H28N2O2. The third kappa shape index (κ3) is 4.58. The van der Waals surface area contributed by atoms with E-state index in [4.69, 9.17) is 4.74 Å². The molecule has 1 rings (SSSR count). The van der Waals surface area contributed by atoms with Crippen molar-refractivity contribution >= 4 is 5.97 Å². The van der Waals surface area contributed by atoms with Crippen LogP contribution in [0.15, 0.2) is 0 Å². The number of piperidine rings is 1. The predicted octanol–water partition coefficient (Wildman–Crippen LogP) is 1.51. The molecule has 0 bridgehead atoms. The molecule has 0 amide bonds. The van der Waals surface area contributed by atoms with Crippen molar-refractivity contribution in [3.05, 3.63) is 0 Å².